The lowest BCUT2D eigenvalue weighted by molar-refractivity contribution is 0.0951. The van der Waals surface area contributed by atoms with Crippen molar-refractivity contribution in [2.75, 3.05) is 4.72 Å². The number of amides is 1. The highest BCUT2D eigenvalue weighted by Crippen LogP contribution is 2.21. The Hall–Kier alpha value is -3.98. The van der Waals surface area contributed by atoms with Crippen molar-refractivity contribution in [3.05, 3.63) is 113 Å². The summed E-state index contributed by atoms with van der Waals surface area (Å²) in [6.07, 6.45) is 0. The van der Waals surface area contributed by atoms with Crippen molar-refractivity contribution in [2.45, 2.75) is 31.8 Å². The fourth-order valence-corrected chi connectivity index (χ4v) is 4.83. The number of nitrogens with zero attached hydrogens (tertiary/aromatic N) is 2. The number of hydrogen-bond acceptors (Lipinski definition) is 4. The quantitative estimate of drug-likeness (QED) is 0.381. The van der Waals surface area contributed by atoms with Gasteiger partial charge in [-0.2, -0.15) is 5.10 Å². The number of rotatable bonds is 8. The Balaban J connectivity index is 1.49. The summed E-state index contributed by atoms with van der Waals surface area (Å²) < 4.78 is 43.0. The Morgan fingerprint density at radius 2 is 1.60 bits per heavy atom. The first-order valence-corrected chi connectivity index (χ1v) is 12.5. The van der Waals surface area contributed by atoms with Crippen LogP contribution in [0, 0.1) is 19.7 Å². The van der Waals surface area contributed by atoms with Crippen LogP contribution in [0.15, 0.2) is 83.8 Å². The van der Waals surface area contributed by atoms with Gasteiger partial charge in [0.2, 0.25) is 0 Å². The van der Waals surface area contributed by atoms with Gasteiger partial charge >= 0.3 is 0 Å². The molecule has 1 aromatic heterocycles. The van der Waals surface area contributed by atoms with Gasteiger partial charge in [-0.25, -0.2) is 12.8 Å². The van der Waals surface area contributed by atoms with Crippen LogP contribution >= 0.6 is 0 Å². The first kappa shape index (κ1) is 24.2. The van der Waals surface area contributed by atoms with Crippen LogP contribution in [0.3, 0.4) is 0 Å². The van der Waals surface area contributed by atoms with Gasteiger partial charge in [-0.3, -0.25) is 14.2 Å². The van der Waals surface area contributed by atoms with Crippen LogP contribution < -0.4 is 10.0 Å². The van der Waals surface area contributed by atoms with Gasteiger partial charge in [-0.1, -0.05) is 42.5 Å². The number of anilines is 1. The van der Waals surface area contributed by atoms with Gasteiger partial charge in [-0.15, -0.1) is 0 Å². The molecule has 0 aliphatic carbocycles. The van der Waals surface area contributed by atoms with E-state index >= 15 is 0 Å². The standard InChI is InChI=1S/C26H25FN4O3S/c1-18-24(19(2)31(29-18)17-20-8-4-3-5-9-20)16-28-26(32)23-10-6-7-11-25(23)30-35(33,34)22-14-12-21(27)13-15-22/h3-15,30H,16-17H2,1-2H3,(H,28,32). The SMILES string of the molecule is Cc1nn(Cc2ccccc2)c(C)c1CNC(=O)c1ccccc1NS(=O)(=O)c1ccc(F)cc1. The highest BCUT2D eigenvalue weighted by Gasteiger charge is 2.20. The molecule has 4 aromatic rings. The van der Waals surface area contributed by atoms with E-state index in [0.717, 1.165) is 34.6 Å². The predicted molar refractivity (Wildman–Crippen MR) is 132 cm³/mol. The zero-order valence-electron chi connectivity index (χ0n) is 19.3. The minimum atomic E-state index is -4.00. The maximum absolute atomic E-state index is 13.2. The zero-order valence-corrected chi connectivity index (χ0v) is 20.1. The number of para-hydroxylation sites is 1. The second-order valence-corrected chi connectivity index (χ2v) is 9.76. The lowest BCUT2D eigenvalue weighted by Crippen LogP contribution is -2.25. The molecule has 0 saturated carbocycles. The maximum Gasteiger partial charge on any atom is 0.261 e. The molecule has 0 bridgehead atoms. The molecule has 0 spiro atoms. The normalized spacial score (nSPS) is 11.3. The van der Waals surface area contributed by atoms with Crippen LogP contribution in [0.2, 0.25) is 0 Å². The van der Waals surface area contributed by atoms with Crippen LogP contribution in [0.5, 0.6) is 0 Å². The van der Waals surface area contributed by atoms with E-state index in [0.29, 0.717) is 6.54 Å². The van der Waals surface area contributed by atoms with Gasteiger partial charge in [0.25, 0.3) is 15.9 Å². The fraction of sp³-hybridized carbons (Fsp3) is 0.154. The van der Waals surface area contributed by atoms with E-state index in [-0.39, 0.29) is 22.7 Å². The summed E-state index contributed by atoms with van der Waals surface area (Å²) in [6.45, 7) is 4.70. The highest BCUT2D eigenvalue weighted by molar-refractivity contribution is 7.92. The fourth-order valence-electron chi connectivity index (χ4n) is 3.75. The second-order valence-electron chi connectivity index (χ2n) is 8.08. The summed E-state index contributed by atoms with van der Waals surface area (Å²) in [5.41, 5.74) is 4.07. The second kappa shape index (κ2) is 10.1. The van der Waals surface area contributed by atoms with Gasteiger partial charge in [0.1, 0.15) is 5.82 Å². The van der Waals surface area contributed by atoms with Crippen molar-refractivity contribution in [2.24, 2.45) is 0 Å². The molecule has 0 fully saturated rings. The average Bonchev–Trinajstić information content (AvgIpc) is 3.10. The number of benzene rings is 3. The summed E-state index contributed by atoms with van der Waals surface area (Å²) in [6, 6.07) is 20.8. The third kappa shape index (κ3) is 5.58. The number of halogens is 1. The Morgan fingerprint density at radius 1 is 0.943 bits per heavy atom. The Labute approximate surface area is 203 Å². The number of aryl methyl sites for hydroxylation is 1. The van der Waals surface area contributed by atoms with Crippen molar-refractivity contribution in [1.82, 2.24) is 15.1 Å². The lowest BCUT2D eigenvalue weighted by atomic mass is 10.1. The van der Waals surface area contributed by atoms with E-state index < -0.39 is 21.7 Å². The Bertz CT molecular complexity index is 1450. The maximum atomic E-state index is 13.2. The van der Waals surface area contributed by atoms with E-state index in [2.05, 4.69) is 15.1 Å². The van der Waals surface area contributed by atoms with Gasteiger partial charge in [0.15, 0.2) is 0 Å². The molecule has 0 unspecified atom stereocenters. The minimum Gasteiger partial charge on any atom is -0.348 e. The molecule has 7 nitrogen and oxygen atoms in total. The van der Waals surface area contributed by atoms with Crippen LogP contribution in [0.4, 0.5) is 10.1 Å². The van der Waals surface area contributed by atoms with Gasteiger partial charge in [0.05, 0.1) is 28.4 Å². The van der Waals surface area contributed by atoms with Crippen molar-refractivity contribution in [1.29, 1.82) is 0 Å². The predicted octanol–water partition coefficient (Wildman–Crippen LogP) is 4.42. The third-order valence-corrected chi connectivity index (χ3v) is 7.05. The van der Waals surface area contributed by atoms with Crippen molar-refractivity contribution in [3.8, 4) is 0 Å². The van der Waals surface area contributed by atoms with Crippen molar-refractivity contribution < 1.29 is 17.6 Å². The Morgan fingerprint density at radius 3 is 2.31 bits per heavy atom. The van der Waals surface area contributed by atoms with Crippen LogP contribution in [-0.2, 0) is 23.1 Å². The molecule has 2 N–H and O–H groups in total. The molecule has 1 amide bonds. The molecule has 180 valence electrons. The topological polar surface area (TPSA) is 93.1 Å². The summed E-state index contributed by atoms with van der Waals surface area (Å²) in [4.78, 5) is 12.9. The molecule has 9 heteroatoms. The number of carbonyl (C=O) groups excluding carboxylic acids is 1. The molecule has 35 heavy (non-hydrogen) atoms. The van der Waals surface area contributed by atoms with E-state index in [1.54, 1.807) is 12.1 Å². The number of aromatic nitrogens is 2. The summed E-state index contributed by atoms with van der Waals surface area (Å²) >= 11 is 0. The number of sulfonamides is 1. The third-order valence-electron chi connectivity index (χ3n) is 5.67. The van der Waals surface area contributed by atoms with Gasteiger partial charge in [0, 0.05) is 17.8 Å². The van der Waals surface area contributed by atoms with Gasteiger partial charge in [-0.05, 0) is 55.8 Å². The van der Waals surface area contributed by atoms with Crippen LogP contribution in [0.25, 0.3) is 0 Å². The highest BCUT2D eigenvalue weighted by atomic mass is 32.2. The molecular weight excluding hydrogens is 467 g/mol. The molecule has 0 aliphatic heterocycles. The molecular formula is C26H25FN4O3S. The minimum absolute atomic E-state index is 0.105. The smallest absolute Gasteiger partial charge is 0.261 e. The molecule has 0 aliphatic rings. The molecule has 0 saturated heterocycles. The monoisotopic (exact) mass is 492 g/mol. The summed E-state index contributed by atoms with van der Waals surface area (Å²) in [7, 11) is -4.00. The molecule has 3 aromatic carbocycles. The lowest BCUT2D eigenvalue weighted by Gasteiger charge is -2.13. The molecule has 4 rings (SSSR count). The van der Waals surface area contributed by atoms with Crippen LogP contribution in [0.1, 0.15) is 32.9 Å². The van der Waals surface area contributed by atoms with E-state index in [1.807, 2.05) is 48.9 Å². The van der Waals surface area contributed by atoms with E-state index in [4.69, 9.17) is 0 Å². The summed E-state index contributed by atoms with van der Waals surface area (Å²) in [5.74, 6) is -0.974. The first-order chi connectivity index (χ1) is 16.7. The molecule has 0 radical (unpaired) electrons. The van der Waals surface area contributed by atoms with Crippen molar-refractivity contribution >= 4 is 21.6 Å². The molecule has 1 heterocycles. The zero-order chi connectivity index (χ0) is 25.0. The van der Waals surface area contributed by atoms with E-state index in [9.17, 15) is 17.6 Å². The van der Waals surface area contributed by atoms with E-state index in [1.165, 1.54) is 24.3 Å². The first-order valence-electron chi connectivity index (χ1n) is 11.0. The Kier molecular flexibility index (Phi) is 6.97. The largest absolute Gasteiger partial charge is 0.348 e. The number of nitrogens with one attached hydrogen (secondary N) is 2. The number of hydrogen-bond donors (Lipinski definition) is 2. The van der Waals surface area contributed by atoms with Crippen molar-refractivity contribution in [3.63, 3.8) is 0 Å². The molecule has 0 atom stereocenters. The van der Waals surface area contributed by atoms with Crippen LogP contribution in [-0.4, -0.2) is 24.1 Å². The average molecular weight is 493 g/mol. The summed E-state index contributed by atoms with van der Waals surface area (Å²) in [5, 5.41) is 7.48. The van der Waals surface area contributed by atoms with Gasteiger partial charge < -0.3 is 5.32 Å². The number of carbonyl (C=O) groups is 1.